The number of aromatic nitrogens is 6. The lowest BCUT2D eigenvalue weighted by Gasteiger charge is -2.23. The van der Waals surface area contributed by atoms with Crippen LogP contribution in [0.2, 0.25) is 19.6 Å². The molecule has 0 saturated carbocycles. The van der Waals surface area contributed by atoms with Crippen LogP contribution in [0.4, 0.5) is 0 Å². The summed E-state index contributed by atoms with van der Waals surface area (Å²) in [4.78, 5) is 18.7. The highest BCUT2D eigenvalue weighted by atomic mass is 28.3. The van der Waals surface area contributed by atoms with Gasteiger partial charge in [0.15, 0.2) is 0 Å². The van der Waals surface area contributed by atoms with Crippen LogP contribution >= 0.6 is 0 Å². The van der Waals surface area contributed by atoms with Crippen LogP contribution in [0.25, 0.3) is 66.1 Å². The van der Waals surface area contributed by atoms with Gasteiger partial charge in [-0.05, 0) is 84.3 Å². The van der Waals surface area contributed by atoms with Gasteiger partial charge in [0, 0.05) is 81.5 Å². The molecule has 7 heteroatoms. The molecule has 0 saturated heterocycles. The fourth-order valence-corrected chi connectivity index (χ4v) is 9.01. The minimum absolute atomic E-state index is 0.393. The van der Waals surface area contributed by atoms with Gasteiger partial charge in [-0.1, -0.05) is 70.7 Å². The Balaban J connectivity index is 1.27. The van der Waals surface area contributed by atoms with Crippen LogP contribution in [-0.4, -0.2) is 37.1 Å². The summed E-state index contributed by atoms with van der Waals surface area (Å²) in [7, 11) is -1.79. The molecule has 0 radical (unpaired) electrons. The second-order valence-corrected chi connectivity index (χ2v) is 19.9. The highest BCUT2D eigenvalue weighted by Crippen LogP contribution is 2.36. The molecule has 0 aliphatic heterocycles. The van der Waals surface area contributed by atoms with Crippen molar-refractivity contribution >= 4 is 56.9 Å². The molecule has 0 spiro atoms. The van der Waals surface area contributed by atoms with E-state index in [9.17, 15) is 0 Å². The van der Waals surface area contributed by atoms with Gasteiger partial charge >= 0.3 is 0 Å². The van der Waals surface area contributed by atoms with Gasteiger partial charge in [-0.15, -0.1) is 0 Å². The van der Waals surface area contributed by atoms with Crippen molar-refractivity contribution in [1.29, 1.82) is 0 Å². The second kappa shape index (κ2) is 12.3. The lowest BCUT2D eigenvalue weighted by atomic mass is 10.0. The third kappa shape index (κ3) is 5.23. The summed E-state index contributed by atoms with van der Waals surface area (Å²) in [6.45, 7) is 16.3. The first-order valence-corrected chi connectivity index (χ1v) is 21.4. The van der Waals surface area contributed by atoms with E-state index in [0.29, 0.717) is 11.8 Å². The number of fused-ring (bicyclic) bond motifs is 6. The van der Waals surface area contributed by atoms with Crippen molar-refractivity contribution in [2.45, 2.75) is 72.0 Å². The summed E-state index contributed by atoms with van der Waals surface area (Å²) in [5.41, 5.74) is 11.8. The van der Waals surface area contributed by atoms with E-state index in [0.717, 1.165) is 62.5 Å². The van der Waals surface area contributed by atoms with Gasteiger partial charge in [0.2, 0.25) is 0 Å². The van der Waals surface area contributed by atoms with Crippen LogP contribution < -0.4 is 5.19 Å². The first-order valence-electron chi connectivity index (χ1n) is 17.9. The van der Waals surface area contributed by atoms with Gasteiger partial charge in [-0.2, -0.15) is 0 Å². The summed E-state index contributed by atoms with van der Waals surface area (Å²) in [5, 5.41) is 5.97. The van der Waals surface area contributed by atoms with E-state index < -0.39 is 8.07 Å². The van der Waals surface area contributed by atoms with E-state index in [1.54, 1.807) is 0 Å². The Labute approximate surface area is 294 Å². The molecule has 8 rings (SSSR count). The van der Waals surface area contributed by atoms with Gasteiger partial charge in [0.05, 0.1) is 30.1 Å². The molecule has 6 nitrogen and oxygen atoms in total. The highest BCUT2D eigenvalue weighted by Gasteiger charge is 2.24. The van der Waals surface area contributed by atoms with Crippen molar-refractivity contribution in [2.24, 2.45) is 0 Å². The Morgan fingerprint density at radius 2 is 1.04 bits per heavy atom. The number of rotatable bonds is 8. The number of hydrogen-bond acceptors (Lipinski definition) is 4. The van der Waals surface area contributed by atoms with Crippen LogP contribution in [0, 0.1) is 0 Å². The summed E-state index contributed by atoms with van der Waals surface area (Å²) in [6.07, 6.45) is 13.9. The molecule has 250 valence electrons. The first kappa shape index (κ1) is 32.1. The maximum atomic E-state index is 4.88. The smallest absolute Gasteiger partial charge is 0.0785 e. The molecule has 6 aromatic heterocycles. The Morgan fingerprint density at radius 3 is 1.54 bits per heavy atom. The molecule has 0 amide bonds. The first-order chi connectivity index (χ1) is 24.2. The van der Waals surface area contributed by atoms with Crippen LogP contribution in [0.1, 0.15) is 63.8 Å². The minimum atomic E-state index is -1.79. The Hall–Kier alpha value is -5.14. The maximum absolute atomic E-state index is 4.88. The number of pyridine rings is 4. The largest absolute Gasteiger partial charge is 0.309 e. The molecule has 2 unspecified atom stereocenters. The van der Waals surface area contributed by atoms with Gasteiger partial charge < -0.3 is 9.13 Å². The fourth-order valence-electron chi connectivity index (χ4n) is 7.39. The SMILES string of the molecule is CCC(C)c1cc2c(cn1)c1cnccc1n2-c1ccc(-c2ccc(-n3c4ccncc4c4cnc(C(C)CC)cc43)cc2[Si](C)(C)C)cc1. The normalized spacial score (nSPS) is 13.5. The molecule has 0 aliphatic carbocycles. The summed E-state index contributed by atoms with van der Waals surface area (Å²) >= 11 is 0. The van der Waals surface area contributed by atoms with Crippen molar-refractivity contribution in [2.75, 3.05) is 0 Å². The fraction of sp³-hybridized carbons (Fsp3) is 0.256. The molecule has 50 heavy (non-hydrogen) atoms. The average molecular weight is 673 g/mol. The van der Waals surface area contributed by atoms with Gasteiger partial charge in [-0.3, -0.25) is 19.9 Å². The van der Waals surface area contributed by atoms with Crippen molar-refractivity contribution in [3.63, 3.8) is 0 Å². The third-order valence-electron chi connectivity index (χ3n) is 10.7. The average Bonchev–Trinajstić information content (AvgIpc) is 3.65. The lowest BCUT2D eigenvalue weighted by Crippen LogP contribution is -2.39. The van der Waals surface area contributed by atoms with Crippen molar-refractivity contribution < 1.29 is 0 Å². The van der Waals surface area contributed by atoms with Crippen LogP contribution in [0.15, 0.2) is 104 Å². The summed E-state index contributed by atoms with van der Waals surface area (Å²) in [5.74, 6) is 0.789. The third-order valence-corrected chi connectivity index (χ3v) is 12.7. The van der Waals surface area contributed by atoms with E-state index in [4.69, 9.17) is 9.97 Å². The maximum Gasteiger partial charge on any atom is 0.0785 e. The van der Waals surface area contributed by atoms with Crippen LogP contribution in [0.3, 0.4) is 0 Å². The van der Waals surface area contributed by atoms with Gasteiger partial charge in [0.1, 0.15) is 0 Å². The molecule has 8 aromatic rings. The molecule has 6 heterocycles. The van der Waals surface area contributed by atoms with E-state index >= 15 is 0 Å². The minimum Gasteiger partial charge on any atom is -0.309 e. The van der Waals surface area contributed by atoms with Crippen LogP contribution in [0.5, 0.6) is 0 Å². The molecular formula is C43H44N6Si. The Morgan fingerprint density at radius 1 is 0.560 bits per heavy atom. The zero-order valence-electron chi connectivity index (χ0n) is 30.1. The zero-order chi connectivity index (χ0) is 34.7. The Kier molecular flexibility index (Phi) is 7.91. The van der Waals surface area contributed by atoms with Crippen LogP contribution in [-0.2, 0) is 0 Å². The Bertz CT molecular complexity index is 2540. The van der Waals surface area contributed by atoms with E-state index in [1.165, 1.54) is 33.0 Å². The van der Waals surface area contributed by atoms with Crippen molar-refractivity contribution in [1.82, 2.24) is 29.1 Å². The van der Waals surface area contributed by atoms with E-state index in [1.807, 2.05) is 37.2 Å². The topological polar surface area (TPSA) is 61.4 Å². The molecule has 2 atom stereocenters. The standard InChI is InChI=1S/C43H44N6Si/c1-8-27(3)37-21-41-35(25-46-37)33-23-44-18-16-39(33)48(41)30-12-10-29(11-13-30)32-15-14-31(20-43(32)50(5,6)7)49-40-17-19-45-24-34(40)36-26-47-38(22-42(36)49)28(4)9-2/h10-28H,8-9H2,1-7H3. The molecule has 0 N–H and O–H groups in total. The van der Waals surface area contributed by atoms with Gasteiger partial charge in [0.25, 0.3) is 0 Å². The highest BCUT2D eigenvalue weighted by molar-refractivity contribution is 6.89. The molecule has 0 aliphatic rings. The van der Waals surface area contributed by atoms with E-state index in [2.05, 4.69) is 133 Å². The zero-order valence-corrected chi connectivity index (χ0v) is 31.1. The molecule has 0 fully saturated rings. The number of nitrogens with zero attached hydrogens (tertiary/aromatic N) is 6. The van der Waals surface area contributed by atoms with Crippen molar-refractivity contribution in [3.8, 4) is 22.5 Å². The summed E-state index contributed by atoms with van der Waals surface area (Å²) < 4.78 is 4.78. The summed E-state index contributed by atoms with van der Waals surface area (Å²) in [6, 6.07) is 25.0. The molecular weight excluding hydrogens is 629 g/mol. The number of benzene rings is 2. The predicted octanol–water partition coefficient (Wildman–Crippen LogP) is 10.7. The monoisotopic (exact) mass is 672 g/mol. The predicted molar refractivity (Wildman–Crippen MR) is 212 cm³/mol. The van der Waals surface area contributed by atoms with E-state index in [-0.39, 0.29) is 0 Å². The lowest BCUT2D eigenvalue weighted by molar-refractivity contribution is 0.709. The van der Waals surface area contributed by atoms with Gasteiger partial charge in [-0.25, -0.2) is 0 Å². The molecule has 0 bridgehead atoms. The second-order valence-electron chi connectivity index (χ2n) is 14.9. The quantitative estimate of drug-likeness (QED) is 0.151. The van der Waals surface area contributed by atoms with Crippen molar-refractivity contribution in [3.05, 3.63) is 115 Å². The molecule has 2 aromatic carbocycles. The number of hydrogen-bond donors (Lipinski definition) is 0.